The van der Waals surface area contributed by atoms with Crippen molar-refractivity contribution in [1.29, 1.82) is 0 Å². The summed E-state index contributed by atoms with van der Waals surface area (Å²) in [5, 5.41) is 2.49. The zero-order valence-electron chi connectivity index (χ0n) is 19.2. The Hall–Kier alpha value is -4.20. The summed E-state index contributed by atoms with van der Waals surface area (Å²) < 4.78 is 35.6. The fourth-order valence-corrected chi connectivity index (χ4v) is 3.77. The maximum Gasteiger partial charge on any atom is 0.291 e. The number of rotatable bonds is 9. The maximum atomic E-state index is 14.2. The van der Waals surface area contributed by atoms with Crippen LogP contribution in [-0.4, -0.2) is 27.8 Å². The zero-order valence-corrected chi connectivity index (χ0v) is 19.2. The van der Waals surface area contributed by atoms with E-state index in [0.717, 1.165) is 12.1 Å². The lowest BCUT2D eigenvalue weighted by Crippen LogP contribution is -2.32. The predicted octanol–water partition coefficient (Wildman–Crippen LogP) is 5.71. The summed E-state index contributed by atoms with van der Waals surface area (Å²) in [4.78, 5) is 27.1. The summed E-state index contributed by atoms with van der Waals surface area (Å²) in [5.41, 5.74) is 0.936. The van der Waals surface area contributed by atoms with Crippen molar-refractivity contribution in [3.05, 3.63) is 113 Å². The molecule has 8 heteroatoms. The van der Waals surface area contributed by atoms with Crippen LogP contribution in [0, 0.1) is 11.6 Å². The van der Waals surface area contributed by atoms with Gasteiger partial charge < -0.3 is 19.2 Å². The van der Waals surface area contributed by atoms with Crippen molar-refractivity contribution < 1.29 is 22.8 Å². The minimum Gasteiger partial charge on any atom is -0.454 e. The van der Waals surface area contributed by atoms with Crippen molar-refractivity contribution >= 4 is 17.5 Å². The van der Waals surface area contributed by atoms with Crippen LogP contribution in [0.5, 0.6) is 0 Å². The van der Waals surface area contributed by atoms with E-state index in [1.165, 1.54) is 36.4 Å². The van der Waals surface area contributed by atoms with E-state index >= 15 is 0 Å². The maximum absolute atomic E-state index is 14.2. The molecule has 0 aliphatic rings. The van der Waals surface area contributed by atoms with E-state index in [1.54, 1.807) is 29.2 Å². The van der Waals surface area contributed by atoms with Crippen LogP contribution in [-0.2, 0) is 13.1 Å². The normalized spacial score (nSPS) is 10.8. The topological polar surface area (TPSA) is 67.5 Å². The number of amides is 2. The molecule has 180 valence electrons. The Labute approximate surface area is 201 Å². The minimum absolute atomic E-state index is 0.0376. The number of benzene rings is 2. The Morgan fingerprint density at radius 3 is 2.43 bits per heavy atom. The van der Waals surface area contributed by atoms with E-state index in [-0.39, 0.29) is 29.5 Å². The quantitative estimate of drug-likeness (QED) is 0.336. The molecule has 4 aromatic rings. The molecule has 0 radical (unpaired) electrons. The Kier molecular flexibility index (Phi) is 7.40. The number of para-hydroxylation sites is 1. The average molecular weight is 478 g/mol. The highest BCUT2D eigenvalue weighted by atomic mass is 19.1. The number of hydrogen-bond acceptors (Lipinski definition) is 3. The summed E-state index contributed by atoms with van der Waals surface area (Å²) in [6.45, 7) is 3.04. The van der Waals surface area contributed by atoms with E-state index in [2.05, 4.69) is 5.32 Å². The molecule has 2 aromatic heterocycles. The Morgan fingerprint density at radius 1 is 0.943 bits per heavy atom. The van der Waals surface area contributed by atoms with Crippen LogP contribution in [0.1, 0.15) is 45.7 Å². The summed E-state index contributed by atoms with van der Waals surface area (Å²) in [7, 11) is 0. The predicted molar refractivity (Wildman–Crippen MR) is 128 cm³/mol. The second-order valence-electron chi connectivity index (χ2n) is 8.03. The number of aromatic nitrogens is 1. The van der Waals surface area contributed by atoms with Crippen LogP contribution in [0.3, 0.4) is 0 Å². The number of carbonyl (C=O) groups excluding carboxylic acids is 2. The first-order valence-electron chi connectivity index (χ1n) is 11.3. The molecule has 2 heterocycles. The lowest BCUT2D eigenvalue weighted by molar-refractivity contribution is 0.0734. The molecule has 2 aromatic carbocycles. The van der Waals surface area contributed by atoms with Gasteiger partial charge in [0.2, 0.25) is 0 Å². The van der Waals surface area contributed by atoms with Gasteiger partial charge in [0, 0.05) is 18.4 Å². The lowest BCUT2D eigenvalue weighted by Gasteiger charge is -2.23. The highest BCUT2D eigenvalue weighted by molar-refractivity contribution is 6.02. The summed E-state index contributed by atoms with van der Waals surface area (Å²) >= 11 is 0. The molecule has 6 nitrogen and oxygen atoms in total. The molecule has 0 unspecified atom stereocenters. The van der Waals surface area contributed by atoms with Gasteiger partial charge in [-0.2, -0.15) is 0 Å². The van der Waals surface area contributed by atoms with Crippen LogP contribution in [0.25, 0.3) is 0 Å². The number of carbonyl (C=O) groups is 2. The minimum atomic E-state index is -0.557. The molecule has 0 saturated carbocycles. The molecule has 4 rings (SSSR count). The molecule has 0 aliphatic carbocycles. The molecule has 0 spiro atoms. The molecule has 0 bridgehead atoms. The average Bonchev–Trinajstić information content (AvgIpc) is 3.50. The van der Waals surface area contributed by atoms with Crippen LogP contribution >= 0.6 is 0 Å². The number of furan rings is 1. The first-order chi connectivity index (χ1) is 17.0. The van der Waals surface area contributed by atoms with Crippen molar-refractivity contribution in [2.75, 3.05) is 11.9 Å². The van der Waals surface area contributed by atoms with Crippen molar-refractivity contribution in [2.24, 2.45) is 0 Å². The van der Waals surface area contributed by atoms with E-state index in [9.17, 15) is 18.4 Å². The van der Waals surface area contributed by atoms with Gasteiger partial charge in [-0.15, -0.1) is 0 Å². The van der Waals surface area contributed by atoms with Crippen molar-refractivity contribution in [2.45, 2.75) is 26.4 Å². The smallest absolute Gasteiger partial charge is 0.291 e. The third-order valence-electron chi connectivity index (χ3n) is 5.50. The second kappa shape index (κ2) is 10.8. The number of nitrogens with one attached hydrogen (secondary N) is 1. The molecule has 35 heavy (non-hydrogen) atoms. The summed E-state index contributed by atoms with van der Waals surface area (Å²) in [5.74, 6) is -1.44. The van der Waals surface area contributed by atoms with Gasteiger partial charge in [0.1, 0.15) is 17.4 Å². The standard InChI is InChI=1S/C27H25F2N3O3/c1-2-15-32(27(34)21-9-3-4-10-22(21)28)17-19-8-7-16-31(19)18-20-13-14-25(35-20)26(33)30-24-12-6-5-11-23(24)29/h3-14,16H,2,15,17-18H2,1H3,(H,30,33). The molecular weight excluding hydrogens is 452 g/mol. The monoisotopic (exact) mass is 477 g/mol. The first kappa shape index (κ1) is 23.9. The van der Waals surface area contributed by atoms with E-state index < -0.39 is 17.5 Å². The number of hydrogen-bond donors (Lipinski definition) is 1. The Morgan fingerprint density at radius 2 is 1.69 bits per heavy atom. The molecule has 0 fully saturated rings. The fraction of sp³-hybridized carbons (Fsp3) is 0.185. The van der Waals surface area contributed by atoms with Gasteiger partial charge >= 0.3 is 0 Å². The van der Waals surface area contributed by atoms with Crippen LogP contribution < -0.4 is 5.32 Å². The molecule has 0 aliphatic heterocycles. The van der Waals surface area contributed by atoms with E-state index in [1.807, 2.05) is 29.8 Å². The summed E-state index contributed by atoms with van der Waals surface area (Å²) in [6.07, 6.45) is 2.56. The van der Waals surface area contributed by atoms with Gasteiger partial charge in [-0.05, 0) is 55.0 Å². The van der Waals surface area contributed by atoms with Gasteiger partial charge in [-0.1, -0.05) is 31.2 Å². The fourth-order valence-electron chi connectivity index (χ4n) is 3.77. The second-order valence-corrected chi connectivity index (χ2v) is 8.03. The highest BCUT2D eigenvalue weighted by Gasteiger charge is 2.20. The Bertz CT molecular complexity index is 1330. The zero-order chi connectivity index (χ0) is 24.8. The van der Waals surface area contributed by atoms with Crippen molar-refractivity contribution in [1.82, 2.24) is 9.47 Å². The molecule has 1 N–H and O–H groups in total. The number of halogens is 2. The highest BCUT2D eigenvalue weighted by Crippen LogP contribution is 2.18. The number of anilines is 1. The van der Waals surface area contributed by atoms with Gasteiger partial charge in [-0.25, -0.2) is 8.78 Å². The molecular formula is C27H25F2N3O3. The van der Waals surface area contributed by atoms with Gasteiger partial charge in [0.25, 0.3) is 11.8 Å². The Balaban J connectivity index is 1.46. The molecule has 0 saturated heterocycles. The number of nitrogens with zero attached hydrogens (tertiary/aromatic N) is 2. The van der Waals surface area contributed by atoms with Gasteiger partial charge in [0.15, 0.2) is 5.76 Å². The summed E-state index contributed by atoms with van der Waals surface area (Å²) in [6, 6.07) is 18.8. The van der Waals surface area contributed by atoms with Crippen LogP contribution in [0.15, 0.2) is 83.4 Å². The molecule has 0 atom stereocenters. The van der Waals surface area contributed by atoms with Crippen LogP contribution in [0.4, 0.5) is 14.5 Å². The van der Waals surface area contributed by atoms with Gasteiger partial charge in [0.05, 0.1) is 24.3 Å². The lowest BCUT2D eigenvalue weighted by atomic mass is 10.1. The largest absolute Gasteiger partial charge is 0.454 e. The van der Waals surface area contributed by atoms with Crippen molar-refractivity contribution in [3.63, 3.8) is 0 Å². The molecule has 2 amide bonds. The van der Waals surface area contributed by atoms with Crippen LogP contribution in [0.2, 0.25) is 0 Å². The van der Waals surface area contributed by atoms with E-state index in [0.29, 0.717) is 18.8 Å². The SMILES string of the molecule is CCCN(Cc1cccn1Cc1ccc(C(=O)Nc2ccccc2F)o1)C(=O)c1ccccc1F. The van der Waals surface area contributed by atoms with Crippen molar-refractivity contribution in [3.8, 4) is 0 Å². The third-order valence-corrected chi connectivity index (χ3v) is 5.50. The first-order valence-corrected chi connectivity index (χ1v) is 11.3. The third kappa shape index (κ3) is 5.66. The van der Waals surface area contributed by atoms with E-state index in [4.69, 9.17) is 4.42 Å². The van der Waals surface area contributed by atoms with Gasteiger partial charge in [-0.3, -0.25) is 9.59 Å².